The van der Waals surface area contributed by atoms with Crippen LogP contribution in [0.2, 0.25) is 0 Å². The number of carbonyl (C=O) groups excluding carboxylic acids is 1. The molecule has 32 heavy (non-hydrogen) atoms. The van der Waals surface area contributed by atoms with E-state index in [1.807, 2.05) is 18.2 Å². The van der Waals surface area contributed by atoms with Gasteiger partial charge in [0.05, 0.1) is 37.1 Å². The zero-order chi connectivity index (χ0) is 22.5. The summed E-state index contributed by atoms with van der Waals surface area (Å²) in [6.07, 6.45) is 3.33. The lowest BCUT2D eigenvalue weighted by molar-refractivity contribution is -0.0612. The SMILES string of the molecule is CC(C)(O)[C@H](F)CN1Cc2cc(-c3ccn[nH]3)c(C3=CCN(C4COC4)CC3)cc2C1=O. The molecule has 8 heteroatoms. The summed E-state index contributed by atoms with van der Waals surface area (Å²) in [6.45, 7) is 6.46. The molecule has 1 fully saturated rings. The average Bonchev–Trinajstić information content (AvgIpc) is 3.35. The molecule has 1 aromatic heterocycles. The van der Waals surface area contributed by atoms with E-state index in [0.717, 1.165) is 55.1 Å². The molecule has 3 aliphatic heterocycles. The number of amides is 1. The molecule has 0 radical (unpaired) electrons. The summed E-state index contributed by atoms with van der Waals surface area (Å²) in [6, 6.07) is 6.41. The molecule has 1 amide bonds. The van der Waals surface area contributed by atoms with Crippen molar-refractivity contribution < 1.29 is 19.0 Å². The van der Waals surface area contributed by atoms with E-state index in [1.54, 1.807) is 6.20 Å². The minimum absolute atomic E-state index is 0.132. The molecule has 5 rings (SSSR count). The van der Waals surface area contributed by atoms with Crippen molar-refractivity contribution in [1.82, 2.24) is 20.0 Å². The second kappa shape index (κ2) is 8.10. The molecular weight excluding hydrogens is 411 g/mol. The zero-order valence-electron chi connectivity index (χ0n) is 18.5. The summed E-state index contributed by atoms with van der Waals surface area (Å²) >= 11 is 0. The Bertz CT molecular complexity index is 1040. The molecule has 1 atom stereocenters. The van der Waals surface area contributed by atoms with E-state index in [0.29, 0.717) is 18.2 Å². The first-order valence-electron chi connectivity index (χ1n) is 11.1. The fourth-order valence-electron chi connectivity index (χ4n) is 4.58. The third-order valence-corrected chi connectivity index (χ3v) is 6.78. The fraction of sp³-hybridized carbons (Fsp3) is 0.500. The van der Waals surface area contributed by atoms with Gasteiger partial charge in [0.1, 0.15) is 6.17 Å². The van der Waals surface area contributed by atoms with Gasteiger partial charge in [-0.3, -0.25) is 14.8 Å². The number of ether oxygens (including phenoxy) is 1. The van der Waals surface area contributed by atoms with Crippen molar-refractivity contribution in [3.05, 3.63) is 47.2 Å². The smallest absolute Gasteiger partial charge is 0.254 e. The minimum Gasteiger partial charge on any atom is -0.387 e. The highest BCUT2D eigenvalue weighted by atomic mass is 19.1. The molecule has 4 heterocycles. The van der Waals surface area contributed by atoms with Gasteiger partial charge in [-0.15, -0.1) is 0 Å². The molecule has 1 saturated heterocycles. The van der Waals surface area contributed by atoms with Crippen LogP contribution < -0.4 is 0 Å². The maximum atomic E-state index is 14.5. The van der Waals surface area contributed by atoms with Crippen LogP contribution in [-0.2, 0) is 11.3 Å². The molecule has 0 aliphatic carbocycles. The third kappa shape index (κ3) is 3.87. The van der Waals surface area contributed by atoms with E-state index >= 15 is 0 Å². The molecule has 0 spiro atoms. The Morgan fingerprint density at radius 1 is 1.31 bits per heavy atom. The summed E-state index contributed by atoms with van der Waals surface area (Å²) < 4.78 is 19.8. The van der Waals surface area contributed by atoms with Crippen molar-refractivity contribution >= 4 is 11.5 Å². The second-order valence-electron chi connectivity index (χ2n) is 9.50. The first kappa shape index (κ1) is 21.3. The van der Waals surface area contributed by atoms with Crippen molar-refractivity contribution in [3.63, 3.8) is 0 Å². The van der Waals surface area contributed by atoms with Crippen LogP contribution in [0.4, 0.5) is 4.39 Å². The average molecular weight is 441 g/mol. The highest BCUT2D eigenvalue weighted by Crippen LogP contribution is 2.37. The van der Waals surface area contributed by atoms with Crippen LogP contribution in [-0.4, -0.2) is 81.7 Å². The fourth-order valence-corrected chi connectivity index (χ4v) is 4.58. The van der Waals surface area contributed by atoms with Crippen molar-refractivity contribution in [3.8, 4) is 11.3 Å². The summed E-state index contributed by atoms with van der Waals surface area (Å²) in [5, 5.41) is 17.1. The maximum absolute atomic E-state index is 14.5. The van der Waals surface area contributed by atoms with E-state index in [-0.39, 0.29) is 12.5 Å². The minimum atomic E-state index is -1.52. The Morgan fingerprint density at radius 2 is 2.12 bits per heavy atom. The van der Waals surface area contributed by atoms with Crippen molar-refractivity contribution in [2.75, 3.05) is 32.8 Å². The van der Waals surface area contributed by atoms with Crippen LogP contribution in [0.15, 0.2) is 30.5 Å². The van der Waals surface area contributed by atoms with E-state index in [9.17, 15) is 14.3 Å². The van der Waals surface area contributed by atoms with Crippen molar-refractivity contribution in [2.24, 2.45) is 0 Å². The van der Waals surface area contributed by atoms with Crippen LogP contribution in [0.1, 0.15) is 41.8 Å². The maximum Gasteiger partial charge on any atom is 0.254 e. The number of alkyl halides is 1. The van der Waals surface area contributed by atoms with Gasteiger partial charge in [-0.25, -0.2) is 4.39 Å². The van der Waals surface area contributed by atoms with Gasteiger partial charge in [0.2, 0.25) is 0 Å². The van der Waals surface area contributed by atoms with Gasteiger partial charge in [-0.05, 0) is 55.2 Å². The van der Waals surface area contributed by atoms with Gasteiger partial charge in [-0.1, -0.05) is 6.08 Å². The van der Waals surface area contributed by atoms with Crippen molar-refractivity contribution in [1.29, 1.82) is 0 Å². The summed E-state index contributed by atoms with van der Waals surface area (Å²) in [7, 11) is 0. The van der Waals surface area contributed by atoms with E-state index in [4.69, 9.17) is 4.74 Å². The molecule has 0 bridgehead atoms. The molecular formula is C24H29FN4O3. The Morgan fingerprint density at radius 3 is 2.72 bits per heavy atom. The number of nitrogens with zero attached hydrogens (tertiary/aromatic N) is 3. The summed E-state index contributed by atoms with van der Waals surface area (Å²) in [5.41, 5.74) is 4.11. The number of hydrogen-bond acceptors (Lipinski definition) is 5. The van der Waals surface area contributed by atoms with Gasteiger partial charge in [0, 0.05) is 37.0 Å². The molecule has 1 aromatic carbocycles. The number of carbonyl (C=O) groups is 1. The number of aromatic amines is 1. The number of hydrogen-bond donors (Lipinski definition) is 2. The van der Waals surface area contributed by atoms with Gasteiger partial charge in [-0.2, -0.15) is 5.10 Å². The second-order valence-corrected chi connectivity index (χ2v) is 9.50. The van der Waals surface area contributed by atoms with Crippen LogP contribution in [0.5, 0.6) is 0 Å². The number of aromatic nitrogens is 2. The van der Waals surface area contributed by atoms with Gasteiger partial charge >= 0.3 is 0 Å². The van der Waals surface area contributed by atoms with Gasteiger partial charge < -0.3 is 14.7 Å². The monoisotopic (exact) mass is 440 g/mol. The topological polar surface area (TPSA) is 81.7 Å². The molecule has 170 valence electrons. The zero-order valence-corrected chi connectivity index (χ0v) is 18.5. The van der Waals surface area contributed by atoms with Crippen LogP contribution in [0, 0.1) is 0 Å². The number of benzene rings is 1. The molecule has 0 saturated carbocycles. The highest BCUT2D eigenvalue weighted by Gasteiger charge is 2.36. The lowest BCUT2D eigenvalue weighted by Crippen LogP contribution is -2.50. The number of halogens is 1. The van der Waals surface area contributed by atoms with Crippen molar-refractivity contribution in [2.45, 2.75) is 44.6 Å². The largest absolute Gasteiger partial charge is 0.387 e. The Labute approximate surface area is 186 Å². The predicted molar refractivity (Wildman–Crippen MR) is 119 cm³/mol. The normalized spacial score (nSPS) is 20.8. The van der Waals surface area contributed by atoms with E-state index in [1.165, 1.54) is 24.3 Å². The molecule has 0 unspecified atom stereocenters. The quantitative estimate of drug-likeness (QED) is 0.722. The van der Waals surface area contributed by atoms with Gasteiger partial charge in [0.25, 0.3) is 5.91 Å². The lowest BCUT2D eigenvalue weighted by Gasteiger charge is -2.39. The third-order valence-electron chi connectivity index (χ3n) is 6.78. The van der Waals surface area contributed by atoms with Gasteiger partial charge in [0.15, 0.2) is 0 Å². The number of aliphatic hydroxyl groups is 1. The standard InChI is InChI=1S/C24H29FN4O3/c1-24(2,31)22(25)12-29-11-16-9-20(21-3-6-26-27-21)18(10-19(16)23(29)30)15-4-7-28(8-5-15)17-13-32-14-17/h3-4,6,9-10,17,22,31H,5,7-8,11-14H2,1-2H3,(H,26,27)/t22-/m1/s1. The molecule has 2 aromatic rings. The van der Waals surface area contributed by atoms with Crippen LogP contribution in [0.25, 0.3) is 16.8 Å². The Kier molecular flexibility index (Phi) is 5.39. The van der Waals surface area contributed by atoms with Crippen LogP contribution >= 0.6 is 0 Å². The highest BCUT2D eigenvalue weighted by molar-refractivity contribution is 6.00. The Balaban J connectivity index is 1.46. The summed E-state index contributed by atoms with van der Waals surface area (Å²) in [5.74, 6) is -0.186. The first-order chi connectivity index (χ1) is 15.3. The van der Waals surface area contributed by atoms with Crippen LogP contribution in [0.3, 0.4) is 0 Å². The predicted octanol–water partition coefficient (Wildman–Crippen LogP) is 2.63. The Hall–Kier alpha value is -2.55. The molecule has 2 N–H and O–H groups in total. The molecule has 3 aliphatic rings. The van der Waals surface area contributed by atoms with E-state index in [2.05, 4.69) is 21.2 Å². The van der Waals surface area contributed by atoms with E-state index < -0.39 is 11.8 Å². The number of rotatable bonds is 6. The number of fused-ring (bicyclic) bond motifs is 1. The first-order valence-corrected chi connectivity index (χ1v) is 11.1. The summed E-state index contributed by atoms with van der Waals surface area (Å²) in [4.78, 5) is 17.0. The number of H-pyrrole nitrogens is 1. The molecule has 7 nitrogen and oxygen atoms in total. The number of nitrogens with one attached hydrogen (secondary N) is 1. The lowest BCUT2D eigenvalue weighted by atomic mass is 9.89.